The molecule has 0 heterocycles. The van der Waals surface area contributed by atoms with Crippen molar-refractivity contribution in [3.8, 4) is 23.0 Å². The Hall–Kier alpha value is -2.36. The van der Waals surface area contributed by atoms with Gasteiger partial charge >= 0.3 is 0 Å². The lowest BCUT2D eigenvalue weighted by molar-refractivity contribution is 0.444. The van der Waals surface area contributed by atoms with E-state index in [-0.39, 0.29) is 23.0 Å². The molecule has 4 heteroatoms. The quantitative estimate of drug-likeness (QED) is 0.353. The van der Waals surface area contributed by atoms with Gasteiger partial charge in [0, 0.05) is 12.1 Å². The van der Waals surface area contributed by atoms with E-state index in [9.17, 15) is 10.2 Å². The Labute approximate surface area is 169 Å². The van der Waals surface area contributed by atoms with Gasteiger partial charge in [0.2, 0.25) is 0 Å². The van der Waals surface area contributed by atoms with Gasteiger partial charge < -0.3 is 20.4 Å². The number of hydrogen-bond acceptors (Lipinski definition) is 4. The van der Waals surface area contributed by atoms with Crippen molar-refractivity contribution in [2.75, 3.05) is 0 Å². The number of aryl methyl sites for hydroxylation is 2. The highest BCUT2D eigenvalue weighted by molar-refractivity contribution is 5.39. The maximum absolute atomic E-state index is 9.49. The highest BCUT2D eigenvalue weighted by Gasteiger charge is 2.02. The minimum Gasteiger partial charge on any atom is -0.508 e. The molecular formula is C24H36O4. The fourth-order valence-corrected chi connectivity index (χ4v) is 3.01. The van der Waals surface area contributed by atoms with Crippen molar-refractivity contribution in [3.05, 3.63) is 47.5 Å². The van der Waals surface area contributed by atoms with Gasteiger partial charge in [0.05, 0.1) is 0 Å². The zero-order valence-electron chi connectivity index (χ0n) is 17.3. The van der Waals surface area contributed by atoms with E-state index < -0.39 is 0 Å². The van der Waals surface area contributed by atoms with Crippen molar-refractivity contribution in [1.29, 1.82) is 0 Å². The average Bonchev–Trinajstić information content (AvgIpc) is 2.66. The molecule has 0 aliphatic heterocycles. The molecule has 0 amide bonds. The molecule has 2 rings (SSSR count). The number of benzene rings is 2. The van der Waals surface area contributed by atoms with Gasteiger partial charge in [-0.25, -0.2) is 0 Å². The van der Waals surface area contributed by atoms with Crippen LogP contribution in [0.25, 0.3) is 0 Å². The lowest BCUT2D eigenvalue weighted by Gasteiger charge is -2.04. The Morgan fingerprint density at radius 3 is 1.25 bits per heavy atom. The van der Waals surface area contributed by atoms with Gasteiger partial charge in [0.15, 0.2) is 0 Å². The summed E-state index contributed by atoms with van der Waals surface area (Å²) in [5, 5.41) is 37.2. The van der Waals surface area contributed by atoms with E-state index in [4.69, 9.17) is 10.2 Å². The van der Waals surface area contributed by atoms with E-state index in [1.165, 1.54) is 50.7 Å². The first kappa shape index (κ1) is 23.7. The standard InChI is InChI=1S/2C12H18O2/c2*1-2-3-4-5-6-10-7-8-11(13)9-12(10)14/h2*7-9,13-14H,2-6H2,1H3. The van der Waals surface area contributed by atoms with E-state index >= 15 is 0 Å². The number of phenols is 4. The van der Waals surface area contributed by atoms with Crippen LogP contribution in [-0.2, 0) is 12.8 Å². The summed E-state index contributed by atoms with van der Waals surface area (Å²) in [5.74, 6) is 0.669. The molecule has 0 atom stereocenters. The largest absolute Gasteiger partial charge is 0.508 e. The highest BCUT2D eigenvalue weighted by atomic mass is 16.3. The second-order valence-corrected chi connectivity index (χ2v) is 7.25. The summed E-state index contributed by atoms with van der Waals surface area (Å²) in [4.78, 5) is 0. The third kappa shape index (κ3) is 9.54. The first-order chi connectivity index (χ1) is 13.5. The highest BCUT2D eigenvalue weighted by Crippen LogP contribution is 2.25. The molecule has 0 aliphatic rings. The molecule has 4 nitrogen and oxygen atoms in total. The van der Waals surface area contributed by atoms with Crippen molar-refractivity contribution >= 4 is 0 Å². The summed E-state index contributed by atoms with van der Waals surface area (Å²) in [5.41, 5.74) is 1.86. The molecule has 0 saturated carbocycles. The van der Waals surface area contributed by atoms with E-state index in [0.29, 0.717) is 0 Å². The van der Waals surface area contributed by atoms with Crippen LogP contribution in [0, 0.1) is 0 Å². The van der Waals surface area contributed by atoms with Crippen LogP contribution in [0.4, 0.5) is 0 Å². The van der Waals surface area contributed by atoms with Crippen molar-refractivity contribution in [3.63, 3.8) is 0 Å². The van der Waals surface area contributed by atoms with E-state index in [2.05, 4.69) is 13.8 Å². The summed E-state index contributed by atoms with van der Waals surface area (Å²) < 4.78 is 0. The average molecular weight is 389 g/mol. The summed E-state index contributed by atoms with van der Waals surface area (Å²) in [6, 6.07) is 9.61. The molecule has 156 valence electrons. The second kappa shape index (κ2) is 13.8. The normalized spacial score (nSPS) is 10.4. The van der Waals surface area contributed by atoms with E-state index in [1.54, 1.807) is 24.3 Å². The Bertz CT molecular complexity index is 623. The van der Waals surface area contributed by atoms with Gasteiger partial charge in [-0.3, -0.25) is 0 Å². The van der Waals surface area contributed by atoms with Gasteiger partial charge in [-0.05, 0) is 48.9 Å². The van der Waals surface area contributed by atoms with E-state index in [0.717, 1.165) is 36.8 Å². The topological polar surface area (TPSA) is 80.9 Å². The number of aromatic hydroxyl groups is 4. The van der Waals surface area contributed by atoms with Crippen LogP contribution < -0.4 is 0 Å². The number of hydrogen-bond donors (Lipinski definition) is 4. The molecule has 0 fully saturated rings. The first-order valence-corrected chi connectivity index (χ1v) is 10.5. The minimum absolute atomic E-state index is 0.125. The van der Waals surface area contributed by atoms with Crippen LogP contribution in [0.15, 0.2) is 36.4 Å². The summed E-state index contributed by atoms with van der Waals surface area (Å²) in [6.07, 6.45) is 11.4. The molecule has 0 aromatic heterocycles. The zero-order valence-corrected chi connectivity index (χ0v) is 17.3. The minimum atomic E-state index is 0.125. The lowest BCUT2D eigenvalue weighted by Crippen LogP contribution is -1.86. The SMILES string of the molecule is CCCCCCc1ccc(O)cc1O.CCCCCCc1ccc(O)cc1O. The third-order valence-corrected chi connectivity index (χ3v) is 4.74. The molecule has 0 radical (unpaired) electrons. The van der Waals surface area contributed by atoms with Crippen molar-refractivity contribution in [2.24, 2.45) is 0 Å². The first-order valence-electron chi connectivity index (χ1n) is 10.5. The Kier molecular flexibility index (Phi) is 11.6. The monoisotopic (exact) mass is 388 g/mol. The van der Waals surface area contributed by atoms with Crippen LogP contribution in [0.1, 0.15) is 76.3 Å². The van der Waals surface area contributed by atoms with E-state index in [1.807, 2.05) is 0 Å². The Morgan fingerprint density at radius 2 is 0.929 bits per heavy atom. The molecule has 4 N–H and O–H groups in total. The van der Waals surface area contributed by atoms with Crippen molar-refractivity contribution in [2.45, 2.75) is 78.1 Å². The molecule has 0 bridgehead atoms. The Morgan fingerprint density at radius 1 is 0.536 bits per heavy atom. The van der Waals surface area contributed by atoms with Gasteiger partial charge in [0.1, 0.15) is 23.0 Å². The fourth-order valence-electron chi connectivity index (χ4n) is 3.01. The Balaban J connectivity index is 0.000000280. The maximum atomic E-state index is 9.49. The van der Waals surface area contributed by atoms with Crippen LogP contribution in [0.3, 0.4) is 0 Å². The molecule has 28 heavy (non-hydrogen) atoms. The van der Waals surface area contributed by atoms with Crippen LogP contribution >= 0.6 is 0 Å². The predicted molar refractivity (Wildman–Crippen MR) is 115 cm³/mol. The molecular weight excluding hydrogens is 352 g/mol. The number of phenolic OH excluding ortho intramolecular Hbond substituents is 4. The molecule has 0 aliphatic carbocycles. The van der Waals surface area contributed by atoms with Crippen LogP contribution in [-0.4, -0.2) is 20.4 Å². The van der Waals surface area contributed by atoms with Gasteiger partial charge in [-0.1, -0.05) is 64.5 Å². The molecule has 2 aromatic carbocycles. The molecule has 0 saturated heterocycles. The molecule has 2 aromatic rings. The van der Waals surface area contributed by atoms with Crippen molar-refractivity contribution in [1.82, 2.24) is 0 Å². The van der Waals surface area contributed by atoms with Gasteiger partial charge in [-0.2, -0.15) is 0 Å². The number of rotatable bonds is 10. The smallest absolute Gasteiger partial charge is 0.122 e. The van der Waals surface area contributed by atoms with Crippen LogP contribution in [0.2, 0.25) is 0 Å². The summed E-state index contributed by atoms with van der Waals surface area (Å²) >= 11 is 0. The maximum Gasteiger partial charge on any atom is 0.122 e. The second-order valence-electron chi connectivity index (χ2n) is 7.25. The summed E-state index contributed by atoms with van der Waals surface area (Å²) in [6.45, 7) is 4.36. The van der Waals surface area contributed by atoms with Gasteiger partial charge in [-0.15, -0.1) is 0 Å². The van der Waals surface area contributed by atoms with Gasteiger partial charge in [0.25, 0.3) is 0 Å². The summed E-state index contributed by atoms with van der Waals surface area (Å²) in [7, 11) is 0. The van der Waals surface area contributed by atoms with Crippen LogP contribution in [0.5, 0.6) is 23.0 Å². The molecule has 0 spiro atoms. The fraction of sp³-hybridized carbons (Fsp3) is 0.500. The number of unbranched alkanes of at least 4 members (excludes halogenated alkanes) is 6. The predicted octanol–water partition coefficient (Wildman–Crippen LogP) is 6.44. The van der Waals surface area contributed by atoms with Crippen molar-refractivity contribution < 1.29 is 20.4 Å². The zero-order chi connectivity index (χ0) is 20.8. The lowest BCUT2D eigenvalue weighted by atomic mass is 10.1. The molecule has 0 unspecified atom stereocenters. The third-order valence-electron chi connectivity index (χ3n) is 4.74.